The van der Waals surface area contributed by atoms with E-state index >= 15 is 0 Å². The van der Waals surface area contributed by atoms with Crippen LogP contribution in [0.3, 0.4) is 0 Å². The van der Waals surface area contributed by atoms with E-state index in [1.54, 1.807) is 12.1 Å². The predicted molar refractivity (Wildman–Crippen MR) is 56.8 cm³/mol. The normalized spacial score (nSPS) is 10.6. The van der Waals surface area contributed by atoms with Crippen LogP contribution in [0.25, 0.3) is 0 Å². The quantitative estimate of drug-likeness (QED) is 0.703. The molecule has 72 valence electrons. The lowest BCUT2D eigenvalue weighted by molar-refractivity contribution is 0.0998. The molecule has 0 aromatic heterocycles. The van der Waals surface area contributed by atoms with Crippen molar-refractivity contribution in [2.75, 3.05) is 0 Å². The summed E-state index contributed by atoms with van der Waals surface area (Å²) in [6, 6.07) is 7.15. The number of primary amides is 1. The lowest BCUT2D eigenvalue weighted by Gasteiger charge is -2.20. The molecule has 1 aromatic rings. The van der Waals surface area contributed by atoms with Crippen LogP contribution in [-0.2, 0) is 5.41 Å². The van der Waals surface area contributed by atoms with Gasteiger partial charge in [0.1, 0.15) is 0 Å². The second-order valence-corrected chi connectivity index (χ2v) is 3.68. The molecule has 0 bridgehead atoms. The number of terminal acetylenes is 1. The highest BCUT2D eigenvalue weighted by atomic mass is 16.1. The van der Waals surface area contributed by atoms with E-state index in [-0.39, 0.29) is 0 Å². The SMILES string of the molecule is C#CC(C)(C)c1ccccc1C(N)=O. The number of hydrogen-bond acceptors (Lipinski definition) is 1. The van der Waals surface area contributed by atoms with E-state index in [1.807, 2.05) is 26.0 Å². The largest absolute Gasteiger partial charge is 0.366 e. The Hall–Kier alpha value is -1.75. The van der Waals surface area contributed by atoms with Crippen molar-refractivity contribution in [1.29, 1.82) is 0 Å². The molecule has 0 atom stereocenters. The molecule has 0 aliphatic rings. The Kier molecular flexibility index (Phi) is 2.62. The molecule has 0 aliphatic heterocycles. The number of carbonyl (C=O) groups excluding carboxylic acids is 1. The van der Waals surface area contributed by atoms with Gasteiger partial charge in [-0.1, -0.05) is 24.1 Å². The van der Waals surface area contributed by atoms with Gasteiger partial charge in [-0.2, -0.15) is 0 Å². The highest BCUT2D eigenvalue weighted by Gasteiger charge is 2.22. The van der Waals surface area contributed by atoms with Crippen LogP contribution in [0.1, 0.15) is 29.8 Å². The average Bonchev–Trinajstić information content (AvgIpc) is 2.18. The van der Waals surface area contributed by atoms with Crippen LogP contribution in [0.15, 0.2) is 24.3 Å². The highest BCUT2D eigenvalue weighted by Crippen LogP contribution is 2.25. The Balaban J connectivity index is 3.36. The van der Waals surface area contributed by atoms with Crippen LogP contribution in [0, 0.1) is 12.3 Å². The van der Waals surface area contributed by atoms with E-state index in [0.29, 0.717) is 5.56 Å². The van der Waals surface area contributed by atoms with Crippen molar-refractivity contribution < 1.29 is 4.79 Å². The van der Waals surface area contributed by atoms with Gasteiger partial charge in [0.25, 0.3) is 0 Å². The van der Waals surface area contributed by atoms with Gasteiger partial charge >= 0.3 is 0 Å². The Morgan fingerprint density at radius 1 is 1.43 bits per heavy atom. The van der Waals surface area contributed by atoms with Gasteiger partial charge in [-0.25, -0.2) is 0 Å². The van der Waals surface area contributed by atoms with Crippen LogP contribution in [0.2, 0.25) is 0 Å². The maximum Gasteiger partial charge on any atom is 0.249 e. The van der Waals surface area contributed by atoms with E-state index < -0.39 is 11.3 Å². The summed E-state index contributed by atoms with van der Waals surface area (Å²) in [6.45, 7) is 3.77. The molecule has 2 heteroatoms. The zero-order chi connectivity index (χ0) is 10.8. The number of benzene rings is 1. The standard InChI is InChI=1S/C12H13NO/c1-4-12(2,3)10-8-6-5-7-9(10)11(13)14/h1,5-8H,2-3H3,(H2,13,14). The fourth-order valence-corrected chi connectivity index (χ4v) is 1.32. The Morgan fingerprint density at radius 2 is 2.00 bits per heavy atom. The third-order valence-corrected chi connectivity index (χ3v) is 2.23. The zero-order valence-electron chi connectivity index (χ0n) is 8.37. The second-order valence-electron chi connectivity index (χ2n) is 3.68. The summed E-state index contributed by atoms with van der Waals surface area (Å²) in [6.07, 6.45) is 5.41. The van der Waals surface area contributed by atoms with Gasteiger partial charge in [0, 0.05) is 5.56 Å². The fraction of sp³-hybridized carbons (Fsp3) is 0.250. The molecular weight excluding hydrogens is 174 g/mol. The van der Waals surface area contributed by atoms with Gasteiger partial charge in [0.05, 0.1) is 5.41 Å². The Bertz CT molecular complexity index is 399. The van der Waals surface area contributed by atoms with Crippen LogP contribution in [0.5, 0.6) is 0 Å². The van der Waals surface area contributed by atoms with Gasteiger partial charge in [-0.05, 0) is 25.5 Å². The molecule has 0 radical (unpaired) electrons. The monoisotopic (exact) mass is 187 g/mol. The molecule has 1 rings (SSSR count). The number of nitrogens with two attached hydrogens (primary N) is 1. The van der Waals surface area contributed by atoms with Crippen LogP contribution < -0.4 is 5.73 Å². The van der Waals surface area contributed by atoms with Crippen LogP contribution in [0.4, 0.5) is 0 Å². The lowest BCUT2D eigenvalue weighted by Crippen LogP contribution is -2.22. The number of carbonyl (C=O) groups is 1. The van der Waals surface area contributed by atoms with E-state index in [1.165, 1.54) is 0 Å². The van der Waals surface area contributed by atoms with Gasteiger partial charge in [-0.15, -0.1) is 6.42 Å². The lowest BCUT2D eigenvalue weighted by atomic mass is 9.82. The number of rotatable bonds is 2. The first kappa shape index (κ1) is 10.3. The molecule has 0 unspecified atom stereocenters. The second kappa shape index (κ2) is 3.55. The van der Waals surface area contributed by atoms with Gasteiger partial charge < -0.3 is 5.73 Å². The minimum atomic E-state index is -0.467. The third kappa shape index (κ3) is 1.77. The molecular formula is C12H13NO. The van der Waals surface area contributed by atoms with Gasteiger partial charge in [-0.3, -0.25) is 4.79 Å². The summed E-state index contributed by atoms with van der Waals surface area (Å²) in [5.41, 5.74) is 6.09. The molecule has 0 heterocycles. The number of hydrogen-bond donors (Lipinski definition) is 1. The summed E-state index contributed by atoms with van der Waals surface area (Å²) in [7, 11) is 0. The average molecular weight is 187 g/mol. The molecule has 0 aliphatic carbocycles. The molecule has 1 aromatic carbocycles. The highest BCUT2D eigenvalue weighted by molar-refractivity contribution is 5.94. The van der Waals surface area contributed by atoms with E-state index in [0.717, 1.165) is 5.56 Å². The summed E-state index contributed by atoms with van der Waals surface area (Å²) in [5.74, 6) is 2.20. The van der Waals surface area contributed by atoms with Crippen molar-refractivity contribution in [3.63, 3.8) is 0 Å². The van der Waals surface area contributed by atoms with Crippen molar-refractivity contribution in [3.8, 4) is 12.3 Å². The molecule has 0 saturated heterocycles. The molecule has 0 spiro atoms. The molecule has 2 N–H and O–H groups in total. The first-order valence-corrected chi connectivity index (χ1v) is 4.36. The Morgan fingerprint density at radius 3 is 2.50 bits per heavy atom. The van der Waals surface area contributed by atoms with Crippen molar-refractivity contribution in [3.05, 3.63) is 35.4 Å². The minimum absolute atomic E-state index is 0.441. The first-order chi connectivity index (χ1) is 6.49. The first-order valence-electron chi connectivity index (χ1n) is 4.36. The van der Waals surface area contributed by atoms with E-state index in [9.17, 15) is 4.79 Å². The third-order valence-electron chi connectivity index (χ3n) is 2.23. The van der Waals surface area contributed by atoms with Crippen LogP contribution in [-0.4, -0.2) is 5.91 Å². The molecule has 0 saturated carbocycles. The summed E-state index contributed by atoms with van der Waals surface area (Å²) >= 11 is 0. The summed E-state index contributed by atoms with van der Waals surface area (Å²) < 4.78 is 0. The van der Waals surface area contributed by atoms with Gasteiger partial charge in [0.15, 0.2) is 0 Å². The molecule has 1 amide bonds. The molecule has 2 nitrogen and oxygen atoms in total. The van der Waals surface area contributed by atoms with E-state index in [4.69, 9.17) is 12.2 Å². The Labute approximate surface area is 84.1 Å². The summed E-state index contributed by atoms with van der Waals surface area (Å²) in [4.78, 5) is 11.1. The topological polar surface area (TPSA) is 43.1 Å². The zero-order valence-corrected chi connectivity index (χ0v) is 8.37. The maximum absolute atomic E-state index is 11.1. The smallest absolute Gasteiger partial charge is 0.249 e. The van der Waals surface area contributed by atoms with Crippen molar-refractivity contribution in [2.45, 2.75) is 19.3 Å². The number of amides is 1. The van der Waals surface area contributed by atoms with Crippen molar-refractivity contribution in [1.82, 2.24) is 0 Å². The summed E-state index contributed by atoms with van der Waals surface area (Å²) in [5, 5.41) is 0. The van der Waals surface area contributed by atoms with Crippen molar-refractivity contribution in [2.24, 2.45) is 5.73 Å². The minimum Gasteiger partial charge on any atom is -0.366 e. The van der Waals surface area contributed by atoms with Gasteiger partial charge in [0.2, 0.25) is 5.91 Å². The van der Waals surface area contributed by atoms with Crippen molar-refractivity contribution >= 4 is 5.91 Å². The molecule has 14 heavy (non-hydrogen) atoms. The molecule has 0 fully saturated rings. The fourth-order valence-electron chi connectivity index (χ4n) is 1.32. The van der Waals surface area contributed by atoms with E-state index in [2.05, 4.69) is 5.92 Å². The predicted octanol–water partition coefficient (Wildman–Crippen LogP) is 1.70. The maximum atomic E-state index is 11.1. The van der Waals surface area contributed by atoms with Crippen LogP contribution >= 0.6 is 0 Å².